The van der Waals surface area contributed by atoms with Crippen LogP contribution in [-0.2, 0) is 9.47 Å². The first-order valence-electron chi connectivity index (χ1n) is 13.2. The molecular formula is C27H42O5. The number of allylic oxidation sites excluding steroid dienone is 1. The number of fused-ring (bicyclic) bond motifs is 7. The molecule has 0 bridgehead atoms. The van der Waals surface area contributed by atoms with E-state index < -0.39 is 11.6 Å². The second-order valence-corrected chi connectivity index (χ2v) is 12.8. The van der Waals surface area contributed by atoms with Crippen LogP contribution in [0.4, 0.5) is 0 Å². The molecule has 4 aliphatic carbocycles. The van der Waals surface area contributed by atoms with Crippen LogP contribution in [0.5, 0.6) is 0 Å². The summed E-state index contributed by atoms with van der Waals surface area (Å²) in [6.07, 6.45) is 12.3. The fraction of sp³-hybridized carbons (Fsp3) is 0.926. The first-order valence-corrected chi connectivity index (χ1v) is 13.2. The first kappa shape index (κ1) is 22.0. The van der Waals surface area contributed by atoms with Crippen LogP contribution in [-0.4, -0.2) is 45.7 Å². The van der Waals surface area contributed by atoms with Crippen molar-refractivity contribution >= 4 is 0 Å². The molecule has 6 aliphatic rings. The molecule has 5 heteroatoms. The molecule has 0 amide bonds. The van der Waals surface area contributed by atoms with Gasteiger partial charge in [0.1, 0.15) is 0 Å². The largest absolute Gasteiger partial charge is 0.393 e. The van der Waals surface area contributed by atoms with Crippen molar-refractivity contribution in [2.75, 3.05) is 6.61 Å². The van der Waals surface area contributed by atoms with Crippen LogP contribution < -0.4 is 0 Å². The van der Waals surface area contributed by atoms with Crippen molar-refractivity contribution in [2.45, 2.75) is 109 Å². The van der Waals surface area contributed by atoms with Crippen LogP contribution in [0, 0.1) is 40.4 Å². The highest BCUT2D eigenvalue weighted by Gasteiger charge is 2.69. The summed E-state index contributed by atoms with van der Waals surface area (Å²) >= 11 is 0. The zero-order valence-electron chi connectivity index (χ0n) is 20.1. The lowest BCUT2D eigenvalue weighted by Crippen LogP contribution is -2.55. The van der Waals surface area contributed by atoms with Gasteiger partial charge in [-0.3, -0.25) is 0 Å². The summed E-state index contributed by atoms with van der Waals surface area (Å²) in [6.45, 7) is 6.91. The molecule has 5 fully saturated rings. The quantitative estimate of drug-likeness (QED) is 0.528. The van der Waals surface area contributed by atoms with Gasteiger partial charge >= 0.3 is 0 Å². The van der Waals surface area contributed by atoms with Crippen molar-refractivity contribution in [2.24, 2.45) is 40.4 Å². The fourth-order valence-electron chi connectivity index (χ4n) is 9.87. The van der Waals surface area contributed by atoms with E-state index in [0.717, 1.165) is 50.9 Å². The van der Waals surface area contributed by atoms with E-state index in [0.29, 0.717) is 24.2 Å². The maximum atomic E-state index is 10.7. The Morgan fingerprint density at radius 2 is 1.91 bits per heavy atom. The third kappa shape index (κ3) is 2.81. The van der Waals surface area contributed by atoms with Crippen LogP contribution in [0.1, 0.15) is 85.0 Å². The Kier molecular flexibility index (Phi) is 4.84. The highest BCUT2D eigenvalue weighted by Crippen LogP contribution is 2.70. The topological polar surface area (TPSA) is 79.2 Å². The molecule has 3 saturated carbocycles. The predicted molar refractivity (Wildman–Crippen MR) is 120 cm³/mol. The van der Waals surface area contributed by atoms with Crippen LogP contribution in [0.3, 0.4) is 0 Å². The predicted octanol–water partition coefficient (Wildman–Crippen LogP) is 4.15. The Morgan fingerprint density at radius 1 is 1.09 bits per heavy atom. The molecule has 32 heavy (non-hydrogen) atoms. The summed E-state index contributed by atoms with van der Waals surface area (Å²) in [5, 5.41) is 30.7. The molecule has 2 saturated heterocycles. The summed E-state index contributed by atoms with van der Waals surface area (Å²) in [5.74, 6) is 0.541. The minimum atomic E-state index is -1.46. The van der Waals surface area contributed by atoms with Gasteiger partial charge < -0.3 is 24.8 Å². The number of ether oxygens (including phenoxy) is 2. The third-order valence-electron chi connectivity index (χ3n) is 11.4. The molecule has 0 aromatic heterocycles. The van der Waals surface area contributed by atoms with Gasteiger partial charge in [0.2, 0.25) is 0 Å². The van der Waals surface area contributed by atoms with Gasteiger partial charge in [0.25, 0.3) is 0 Å². The Morgan fingerprint density at radius 3 is 2.69 bits per heavy atom. The number of hydrogen-bond donors (Lipinski definition) is 3. The lowest BCUT2D eigenvalue weighted by atomic mass is 9.47. The molecule has 1 spiro atoms. The number of aliphatic hydroxyl groups is 3. The van der Waals surface area contributed by atoms with Crippen molar-refractivity contribution in [3.05, 3.63) is 11.6 Å². The van der Waals surface area contributed by atoms with Crippen molar-refractivity contribution in [3.63, 3.8) is 0 Å². The van der Waals surface area contributed by atoms with E-state index in [2.05, 4.69) is 26.8 Å². The molecule has 0 radical (unpaired) electrons. The molecule has 0 aromatic rings. The summed E-state index contributed by atoms with van der Waals surface area (Å²) < 4.78 is 13.0. The van der Waals surface area contributed by atoms with Crippen LogP contribution >= 0.6 is 0 Å². The average molecular weight is 447 g/mol. The lowest BCUT2D eigenvalue weighted by Gasteiger charge is -2.58. The van der Waals surface area contributed by atoms with Crippen molar-refractivity contribution in [1.82, 2.24) is 0 Å². The molecule has 11 atom stereocenters. The molecule has 6 rings (SSSR count). The highest BCUT2D eigenvalue weighted by atomic mass is 16.8. The fourth-order valence-corrected chi connectivity index (χ4v) is 9.87. The lowest BCUT2D eigenvalue weighted by molar-refractivity contribution is -0.381. The molecule has 2 aliphatic heterocycles. The smallest absolute Gasteiger partial charge is 0.192 e. The van der Waals surface area contributed by atoms with E-state index in [9.17, 15) is 15.3 Å². The zero-order valence-corrected chi connectivity index (χ0v) is 20.1. The maximum absolute atomic E-state index is 10.7. The van der Waals surface area contributed by atoms with Crippen molar-refractivity contribution in [1.29, 1.82) is 0 Å². The number of hydrogen-bond acceptors (Lipinski definition) is 5. The molecule has 180 valence electrons. The van der Waals surface area contributed by atoms with E-state index in [-0.39, 0.29) is 35.6 Å². The monoisotopic (exact) mass is 446 g/mol. The average Bonchev–Trinajstić information content (AvgIpc) is 3.19. The van der Waals surface area contributed by atoms with Gasteiger partial charge in [0.05, 0.1) is 18.8 Å². The maximum Gasteiger partial charge on any atom is 0.192 e. The van der Waals surface area contributed by atoms with Crippen molar-refractivity contribution < 1.29 is 24.8 Å². The Labute approximate surface area is 192 Å². The SMILES string of the molecule is C[C@H]1[C@H]2[C@H](C[C@@H]3[C@@H]4CC=C5C[C@@H](O)CC[C@]5(C)[C@H]4CC[C@]23C)O[C@]12CCC[C@@](O)(CO)O2. The Bertz CT molecular complexity index is 812. The summed E-state index contributed by atoms with van der Waals surface area (Å²) in [5.41, 5.74) is 2.03. The normalized spacial score (nSPS) is 59.2. The van der Waals surface area contributed by atoms with E-state index >= 15 is 0 Å². The molecule has 0 aromatic carbocycles. The molecule has 5 nitrogen and oxygen atoms in total. The van der Waals surface area contributed by atoms with Gasteiger partial charge in [-0.15, -0.1) is 0 Å². The molecular weight excluding hydrogens is 404 g/mol. The van der Waals surface area contributed by atoms with E-state index in [1.54, 1.807) is 0 Å². The van der Waals surface area contributed by atoms with Gasteiger partial charge in [-0.1, -0.05) is 32.4 Å². The van der Waals surface area contributed by atoms with E-state index in [1.807, 2.05) is 0 Å². The van der Waals surface area contributed by atoms with Crippen LogP contribution in [0.2, 0.25) is 0 Å². The highest BCUT2D eigenvalue weighted by molar-refractivity contribution is 5.26. The zero-order chi connectivity index (χ0) is 22.5. The summed E-state index contributed by atoms with van der Waals surface area (Å²) in [7, 11) is 0. The van der Waals surface area contributed by atoms with Gasteiger partial charge in [-0.2, -0.15) is 0 Å². The minimum absolute atomic E-state index is 0.149. The van der Waals surface area contributed by atoms with E-state index in [4.69, 9.17) is 9.47 Å². The molecule has 2 heterocycles. The second-order valence-electron chi connectivity index (χ2n) is 12.8. The second kappa shape index (κ2) is 7.04. The first-order chi connectivity index (χ1) is 15.1. The van der Waals surface area contributed by atoms with Gasteiger partial charge in [0.15, 0.2) is 11.6 Å². The Balaban J connectivity index is 1.28. The standard InChI is InChI=1S/C27H42O5/c1-16-23-22(31-27(16)10-4-9-26(30,15-28)32-27)14-21-19-6-5-17-13-18(29)7-11-24(17,2)20(19)8-12-25(21,23)3/h5,16,18-23,28-30H,4,6-15H2,1-3H3/t16-,18-,19+,20-,21+,22-,23-,24-,25-,26-,27-/m0/s1. The van der Waals surface area contributed by atoms with Gasteiger partial charge in [0, 0.05) is 18.8 Å². The summed E-state index contributed by atoms with van der Waals surface area (Å²) in [4.78, 5) is 0. The van der Waals surface area contributed by atoms with E-state index in [1.165, 1.54) is 18.4 Å². The molecule has 3 N–H and O–H groups in total. The number of aliphatic hydroxyl groups excluding tert-OH is 2. The van der Waals surface area contributed by atoms with Gasteiger partial charge in [-0.05, 0) is 85.9 Å². The van der Waals surface area contributed by atoms with Crippen LogP contribution in [0.25, 0.3) is 0 Å². The minimum Gasteiger partial charge on any atom is -0.393 e. The van der Waals surface area contributed by atoms with Gasteiger partial charge in [-0.25, -0.2) is 0 Å². The Hall–Kier alpha value is -0.460. The number of rotatable bonds is 1. The van der Waals surface area contributed by atoms with Crippen molar-refractivity contribution in [3.8, 4) is 0 Å². The molecule has 0 unspecified atom stereocenters. The summed E-state index contributed by atoms with van der Waals surface area (Å²) in [6, 6.07) is 0. The van der Waals surface area contributed by atoms with Crippen LogP contribution in [0.15, 0.2) is 11.6 Å². The third-order valence-corrected chi connectivity index (χ3v) is 11.4.